The third kappa shape index (κ3) is 5.03. The molecule has 1 N–H and O–H groups in total. The minimum Gasteiger partial charge on any atom is -0.444 e. The average Bonchev–Trinajstić information content (AvgIpc) is 2.29. The van der Waals surface area contributed by atoms with Crippen molar-refractivity contribution >= 4 is 29.5 Å². The van der Waals surface area contributed by atoms with Gasteiger partial charge in [0, 0.05) is 16.3 Å². The molecule has 5 nitrogen and oxygen atoms in total. The first kappa shape index (κ1) is 16.2. The molecule has 0 aliphatic heterocycles. The normalized spacial score (nSPS) is 12.2. The van der Waals surface area contributed by atoms with E-state index in [1.54, 1.807) is 45.9 Å². The highest BCUT2D eigenvalue weighted by Crippen LogP contribution is 2.28. The van der Waals surface area contributed by atoms with Crippen molar-refractivity contribution < 1.29 is 14.3 Å². The number of hydrogen-bond acceptors (Lipinski definition) is 4. The molecule has 6 heteroatoms. The molecule has 108 valence electrons. The minimum absolute atomic E-state index is 0.462. The summed E-state index contributed by atoms with van der Waals surface area (Å²) in [4.78, 5) is 25.8. The molecule has 1 amide bonds. The second-order valence-electron chi connectivity index (χ2n) is 5.25. The summed E-state index contributed by atoms with van der Waals surface area (Å²) in [5.74, 6) is 0. The molecule has 1 rings (SSSR count). The predicted molar refractivity (Wildman–Crippen MR) is 77.8 cm³/mol. The summed E-state index contributed by atoms with van der Waals surface area (Å²) < 4.78 is 5.18. The Morgan fingerprint density at radius 1 is 1.45 bits per heavy atom. The summed E-state index contributed by atoms with van der Waals surface area (Å²) in [5, 5.41) is 3.11. The monoisotopic (exact) mass is 296 g/mol. The van der Waals surface area contributed by atoms with Crippen molar-refractivity contribution in [2.75, 3.05) is 5.32 Å². The molecular weight excluding hydrogens is 280 g/mol. The van der Waals surface area contributed by atoms with Gasteiger partial charge in [-0.25, -0.2) is 9.59 Å². The van der Waals surface area contributed by atoms with E-state index in [2.05, 4.69) is 10.3 Å². The molecule has 1 aromatic carbocycles. The van der Waals surface area contributed by atoms with Crippen LogP contribution in [0.3, 0.4) is 0 Å². The third-order valence-electron chi connectivity index (χ3n) is 2.35. The van der Waals surface area contributed by atoms with Gasteiger partial charge in [-0.05, 0) is 45.9 Å². The third-order valence-corrected chi connectivity index (χ3v) is 2.58. The second kappa shape index (κ2) is 6.55. The number of aliphatic imine (C=N–C) groups is 1. The SMILES string of the molecule is CC(N=C=O)c1cc(Cl)ccc1NC(=O)OC(C)(C)C. The molecule has 0 aliphatic rings. The quantitative estimate of drug-likeness (QED) is 0.675. The summed E-state index contributed by atoms with van der Waals surface area (Å²) in [7, 11) is 0. The fraction of sp³-hybridized carbons (Fsp3) is 0.429. The van der Waals surface area contributed by atoms with Gasteiger partial charge in [0.05, 0.1) is 6.04 Å². The fourth-order valence-corrected chi connectivity index (χ4v) is 1.74. The van der Waals surface area contributed by atoms with Gasteiger partial charge in [0.1, 0.15) is 5.60 Å². The molecule has 1 atom stereocenters. The molecule has 0 aromatic heterocycles. The first-order chi connectivity index (χ1) is 9.23. The number of rotatable bonds is 3. The van der Waals surface area contributed by atoms with E-state index in [1.807, 2.05) is 0 Å². The van der Waals surface area contributed by atoms with Crippen LogP contribution in [0.25, 0.3) is 0 Å². The largest absolute Gasteiger partial charge is 0.444 e. The van der Waals surface area contributed by atoms with Crippen molar-refractivity contribution in [2.45, 2.75) is 39.3 Å². The van der Waals surface area contributed by atoms with Gasteiger partial charge in [-0.15, -0.1) is 0 Å². The number of nitrogens with one attached hydrogen (secondary N) is 1. The van der Waals surface area contributed by atoms with Crippen LogP contribution in [0.15, 0.2) is 23.2 Å². The minimum atomic E-state index is -0.594. The lowest BCUT2D eigenvalue weighted by Crippen LogP contribution is -2.27. The van der Waals surface area contributed by atoms with E-state index in [1.165, 1.54) is 6.08 Å². The Morgan fingerprint density at radius 3 is 2.65 bits per heavy atom. The van der Waals surface area contributed by atoms with Crippen LogP contribution < -0.4 is 5.32 Å². The van der Waals surface area contributed by atoms with E-state index in [9.17, 15) is 9.59 Å². The smallest absolute Gasteiger partial charge is 0.412 e. The number of isocyanates is 1. The van der Waals surface area contributed by atoms with E-state index in [0.29, 0.717) is 16.3 Å². The second-order valence-corrected chi connectivity index (χ2v) is 5.69. The van der Waals surface area contributed by atoms with Crippen LogP contribution in [0.5, 0.6) is 0 Å². The van der Waals surface area contributed by atoms with Gasteiger partial charge in [-0.2, -0.15) is 4.99 Å². The summed E-state index contributed by atoms with van der Waals surface area (Å²) in [6.45, 7) is 7.02. The maximum absolute atomic E-state index is 11.8. The van der Waals surface area contributed by atoms with Gasteiger partial charge in [0.15, 0.2) is 0 Å². The molecule has 1 unspecified atom stereocenters. The lowest BCUT2D eigenvalue weighted by molar-refractivity contribution is 0.0636. The van der Waals surface area contributed by atoms with Gasteiger partial charge >= 0.3 is 6.09 Å². The van der Waals surface area contributed by atoms with Gasteiger partial charge in [0.2, 0.25) is 6.08 Å². The zero-order valence-corrected chi connectivity index (χ0v) is 12.6. The standard InChI is InChI=1S/C14H17ClN2O3/c1-9(16-8-18)11-7-10(15)5-6-12(11)17-13(19)20-14(2,3)4/h5-7,9H,1-4H3,(H,17,19). The van der Waals surface area contributed by atoms with Crippen LogP contribution in [-0.4, -0.2) is 17.8 Å². The lowest BCUT2D eigenvalue weighted by atomic mass is 10.1. The maximum atomic E-state index is 11.8. The predicted octanol–water partition coefficient (Wildman–Crippen LogP) is 4.08. The Balaban J connectivity index is 3.00. The van der Waals surface area contributed by atoms with E-state index in [4.69, 9.17) is 16.3 Å². The highest BCUT2D eigenvalue weighted by molar-refractivity contribution is 6.30. The number of carbonyl (C=O) groups is 1. The number of halogens is 1. The van der Waals surface area contributed by atoms with Gasteiger partial charge in [0.25, 0.3) is 0 Å². The first-order valence-electron chi connectivity index (χ1n) is 6.09. The Kier molecular flexibility index (Phi) is 5.31. The van der Waals surface area contributed by atoms with Crippen molar-refractivity contribution in [3.63, 3.8) is 0 Å². The molecule has 0 aliphatic carbocycles. The van der Waals surface area contributed by atoms with Crippen LogP contribution in [0.1, 0.15) is 39.3 Å². The highest BCUT2D eigenvalue weighted by Gasteiger charge is 2.18. The summed E-state index contributed by atoms with van der Waals surface area (Å²) >= 11 is 5.92. The Labute approximate surface area is 123 Å². The number of ether oxygens (including phenoxy) is 1. The lowest BCUT2D eigenvalue weighted by Gasteiger charge is -2.21. The molecule has 0 saturated heterocycles. The summed E-state index contributed by atoms with van der Waals surface area (Å²) in [6.07, 6.45) is 0.912. The van der Waals surface area contributed by atoms with Crippen molar-refractivity contribution in [3.8, 4) is 0 Å². The molecule has 0 heterocycles. The van der Waals surface area contributed by atoms with Crippen LogP contribution >= 0.6 is 11.6 Å². The van der Waals surface area contributed by atoms with Crippen molar-refractivity contribution in [1.82, 2.24) is 0 Å². The van der Waals surface area contributed by atoms with Crippen molar-refractivity contribution in [1.29, 1.82) is 0 Å². The topological polar surface area (TPSA) is 67.8 Å². The number of amides is 1. The maximum Gasteiger partial charge on any atom is 0.412 e. The molecule has 1 aromatic rings. The van der Waals surface area contributed by atoms with Gasteiger partial charge in [-0.3, -0.25) is 5.32 Å². The summed E-state index contributed by atoms with van der Waals surface area (Å²) in [6, 6.07) is 4.45. The zero-order chi connectivity index (χ0) is 15.3. The highest BCUT2D eigenvalue weighted by atomic mass is 35.5. The number of hydrogen-bond donors (Lipinski definition) is 1. The number of benzene rings is 1. The van der Waals surface area contributed by atoms with Crippen LogP contribution in [-0.2, 0) is 9.53 Å². The van der Waals surface area contributed by atoms with Crippen molar-refractivity contribution in [2.24, 2.45) is 4.99 Å². The number of carbonyl (C=O) groups excluding carboxylic acids is 2. The van der Waals surface area contributed by atoms with Gasteiger partial charge < -0.3 is 4.74 Å². The Bertz CT molecular complexity index is 546. The Hall–Kier alpha value is -1.84. The Morgan fingerprint density at radius 2 is 2.10 bits per heavy atom. The zero-order valence-electron chi connectivity index (χ0n) is 11.9. The summed E-state index contributed by atoms with van der Waals surface area (Å²) in [5.41, 5.74) is 0.519. The fourth-order valence-electron chi connectivity index (χ4n) is 1.56. The first-order valence-corrected chi connectivity index (χ1v) is 6.47. The van der Waals surface area contributed by atoms with Crippen molar-refractivity contribution in [3.05, 3.63) is 28.8 Å². The van der Waals surface area contributed by atoms with E-state index in [-0.39, 0.29) is 0 Å². The van der Waals surface area contributed by atoms with Crippen LogP contribution in [0.4, 0.5) is 10.5 Å². The van der Waals surface area contributed by atoms with E-state index in [0.717, 1.165) is 0 Å². The molecule has 20 heavy (non-hydrogen) atoms. The molecule has 0 bridgehead atoms. The van der Waals surface area contributed by atoms with Gasteiger partial charge in [-0.1, -0.05) is 11.6 Å². The molecule has 0 radical (unpaired) electrons. The van der Waals surface area contributed by atoms with E-state index < -0.39 is 17.7 Å². The average molecular weight is 297 g/mol. The van der Waals surface area contributed by atoms with Crippen LogP contribution in [0.2, 0.25) is 5.02 Å². The number of nitrogens with zero attached hydrogens (tertiary/aromatic N) is 1. The molecule has 0 fully saturated rings. The van der Waals surface area contributed by atoms with E-state index >= 15 is 0 Å². The molecule has 0 saturated carbocycles. The molecular formula is C14H17ClN2O3. The molecule has 0 spiro atoms. The number of anilines is 1. The van der Waals surface area contributed by atoms with Crippen LogP contribution in [0, 0.1) is 0 Å².